The van der Waals surface area contributed by atoms with Crippen molar-refractivity contribution in [3.05, 3.63) is 54.1 Å². The van der Waals surface area contributed by atoms with Gasteiger partial charge in [-0.1, -0.05) is 12.1 Å². The van der Waals surface area contributed by atoms with Crippen LogP contribution in [-0.2, 0) is 26.0 Å². The normalized spacial score (nSPS) is 11.0. The van der Waals surface area contributed by atoms with Gasteiger partial charge in [-0.15, -0.1) is 0 Å². The first-order valence-electron chi connectivity index (χ1n) is 7.96. The van der Waals surface area contributed by atoms with Gasteiger partial charge in [-0.25, -0.2) is 8.42 Å². The zero-order chi connectivity index (χ0) is 19.0. The van der Waals surface area contributed by atoms with Gasteiger partial charge in [0.05, 0.1) is 25.0 Å². The molecule has 0 radical (unpaired) electrons. The minimum Gasteiger partial charge on any atom is -0.497 e. The summed E-state index contributed by atoms with van der Waals surface area (Å²) in [4.78, 5) is 11.9. The summed E-state index contributed by atoms with van der Waals surface area (Å²) in [5.74, 6) is 0.464. The van der Waals surface area contributed by atoms with Crippen LogP contribution >= 0.6 is 0 Å². The van der Waals surface area contributed by atoms with E-state index in [0.29, 0.717) is 24.6 Å². The summed E-state index contributed by atoms with van der Waals surface area (Å²) in [6.45, 7) is 0.910. The molecule has 0 atom stereocenters. The average molecular weight is 378 g/mol. The third kappa shape index (κ3) is 5.75. The highest BCUT2D eigenvalue weighted by Crippen LogP contribution is 2.19. The van der Waals surface area contributed by atoms with Crippen molar-refractivity contribution in [3.8, 4) is 5.75 Å². The topological polar surface area (TPSA) is 93.7 Å². The second-order valence-corrected chi connectivity index (χ2v) is 7.18. The van der Waals surface area contributed by atoms with Crippen molar-refractivity contribution >= 4 is 21.6 Å². The number of rotatable bonds is 9. The van der Waals surface area contributed by atoms with Crippen molar-refractivity contribution in [2.24, 2.45) is 0 Å². The number of benzene rings is 2. The number of hydrogen-bond acceptors (Lipinski definition) is 5. The standard InChI is InChI=1S/C18H22N2O5S/c1-24-12-11-19-18(21)13-14-3-5-15(6-4-14)20-26(22,23)17-9-7-16(25-2)8-10-17/h3-10,20H,11-13H2,1-2H3,(H,19,21). The van der Waals surface area contributed by atoms with E-state index < -0.39 is 10.0 Å². The van der Waals surface area contributed by atoms with Gasteiger partial charge in [0.15, 0.2) is 0 Å². The fourth-order valence-electron chi connectivity index (χ4n) is 2.20. The molecule has 2 rings (SSSR count). The second kappa shape index (κ2) is 9.21. The van der Waals surface area contributed by atoms with Crippen LogP contribution in [0.1, 0.15) is 5.56 Å². The summed E-state index contributed by atoms with van der Waals surface area (Å²) in [5, 5.41) is 2.73. The van der Waals surface area contributed by atoms with Crippen molar-refractivity contribution < 1.29 is 22.7 Å². The van der Waals surface area contributed by atoms with Crippen LogP contribution in [0.5, 0.6) is 5.75 Å². The second-order valence-electron chi connectivity index (χ2n) is 5.50. The number of carbonyl (C=O) groups excluding carboxylic acids is 1. The zero-order valence-corrected chi connectivity index (χ0v) is 15.5. The highest BCUT2D eigenvalue weighted by molar-refractivity contribution is 7.92. The highest BCUT2D eigenvalue weighted by atomic mass is 32.2. The summed E-state index contributed by atoms with van der Waals surface area (Å²) in [5.41, 5.74) is 1.21. The lowest BCUT2D eigenvalue weighted by atomic mass is 10.1. The summed E-state index contributed by atoms with van der Waals surface area (Å²) < 4.78 is 37.2. The van der Waals surface area contributed by atoms with E-state index in [0.717, 1.165) is 5.56 Å². The first-order valence-corrected chi connectivity index (χ1v) is 9.44. The van der Waals surface area contributed by atoms with Crippen LogP contribution in [0.3, 0.4) is 0 Å². The largest absolute Gasteiger partial charge is 0.497 e. The Morgan fingerprint density at radius 1 is 1.00 bits per heavy atom. The fourth-order valence-corrected chi connectivity index (χ4v) is 3.26. The molecule has 0 aliphatic rings. The van der Waals surface area contributed by atoms with E-state index in [1.54, 1.807) is 43.5 Å². The Morgan fingerprint density at radius 2 is 1.65 bits per heavy atom. The third-order valence-electron chi connectivity index (χ3n) is 3.57. The van der Waals surface area contributed by atoms with Crippen LogP contribution < -0.4 is 14.8 Å². The predicted octanol–water partition coefficient (Wildman–Crippen LogP) is 1.80. The number of sulfonamides is 1. The fraction of sp³-hybridized carbons (Fsp3) is 0.278. The molecule has 0 saturated heterocycles. The molecular weight excluding hydrogens is 356 g/mol. The molecule has 0 bridgehead atoms. The molecule has 0 aliphatic heterocycles. The maximum absolute atomic E-state index is 12.4. The molecule has 0 fully saturated rings. The molecule has 0 spiro atoms. The van der Waals surface area contributed by atoms with Crippen molar-refractivity contribution in [1.29, 1.82) is 0 Å². The number of amides is 1. The maximum atomic E-state index is 12.4. The van der Waals surface area contributed by atoms with E-state index in [1.165, 1.54) is 19.2 Å². The van der Waals surface area contributed by atoms with E-state index in [1.807, 2.05) is 0 Å². The molecular formula is C18H22N2O5S. The third-order valence-corrected chi connectivity index (χ3v) is 4.97. The van der Waals surface area contributed by atoms with Crippen LogP contribution in [0.25, 0.3) is 0 Å². The van der Waals surface area contributed by atoms with E-state index >= 15 is 0 Å². The molecule has 1 amide bonds. The molecule has 0 saturated carbocycles. The van der Waals surface area contributed by atoms with Crippen LogP contribution in [0.15, 0.2) is 53.4 Å². The molecule has 26 heavy (non-hydrogen) atoms. The van der Waals surface area contributed by atoms with Gasteiger partial charge in [0, 0.05) is 19.3 Å². The average Bonchev–Trinajstić information content (AvgIpc) is 2.63. The molecule has 2 aromatic carbocycles. The molecule has 2 aromatic rings. The van der Waals surface area contributed by atoms with E-state index in [4.69, 9.17) is 9.47 Å². The first kappa shape index (κ1) is 19.7. The van der Waals surface area contributed by atoms with Crippen LogP contribution in [-0.4, -0.2) is 41.7 Å². The monoisotopic (exact) mass is 378 g/mol. The van der Waals surface area contributed by atoms with Crippen LogP contribution in [0, 0.1) is 0 Å². The van der Waals surface area contributed by atoms with E-state index in [9.17, 15) is 13.2 Å². The predicted molar refractivity (Wildman–Crippen MR) is 98.8 cm³/mol. The Hall–Kier alpha value is -2.58. The summed E-state index contributed by atoms with van der Waals surface area (Å²) >= 11 is 0. The highest BCUT2D eigenvalue weighted by Gasteiger charge is 2.14. The van der Waals surface area contributed by atoms with Crippen molar-refractivity contribution in [1.82, 2.24) is 5.32 Å². The number of carbonyl (C=O) groups is 1. The Labute approximate surface area is 153 Å². The maximum Gasteiger partial charge on any atom is 0.261 e. The number of hydrogen-bond donors (Lipinski definition) is 2. The van der Waals surface area contributed by atoms with Crippen molar-refractivity contribution in [2.45, 2.75) is 11.3 Å². The number of anilines is 1. The summed E-state index contributed by atoms with van der Waals surface area (Å²) in [6.07, 6.45) is 0.217. The van der Waals surface area contributed by atoms with Crippen LogP contribution in [0.2, 0.25) is 0 Å². The molecule has 140 valence electrons. The lowest BCUT2D eigenvalue weighted by Gasteiger charge is -2.10. The SMILES string of the molecule is COCCNC(=O)Cc1ccc(NS(=O)(=O)c2ccc(OC)cc2)cc1. The van der Waals surface area contributed by atoms with Gasteiger partial charge in [-0.2, -0.15) is 0 Å². The lowest BCUT2D eigenvalue weighted by molar-refractivity contribution is -0.120. The van der Waals surface area contributed by atoms with Gasteiger partial charge in [-0.05, 0) is 42.0 Å². The van der Waals surface area contributed by atoms with Crippen molar-refractivity contribution in [3.63, 3.8) is 0 Å². The first-order chi connectivity index (χ1) is 12.4. The Kier molecular flexibility index (Phi) is 6.99. The van der Waals surface area contributed by atoms with Gasteiger partial charge in [0.2, 0.25) is 5.91 Å². The minimum absolute atomic E-state index is 0.117. The molecule has 8 heteroatoms. The van der Waals surface area contributed by atoms with Gasteiger partial charge in [0.25, 0.3) is 10.0 Å². The van der Waals surface area contributed by atoms with E-state index in [-0.39, 0.29) is 17.2 Å². The molecule has 0 aromatic heterocycles. The van der Waals surface area contributed by atoms with Gasteiger partial charge in [0.1, 0.15) is 5.75 Å². The number of methoxy groups -OCH3 is 2. The summed E-state index contributed by atoms with van der Waals surface area (Å²) in [6, 6.07) is 12.8. The smallest absolute Gasteiger partial charge is 0.261 e. The molecule has 0 heterocycles. The quantitative estimate of drug-likeness (QED) is 0.649. The zero-order valence-electron chi connectivity index (χ0n) is 14.7. The minimum atomic E-state index is -3.69. The Balaban J connectivity index is 1.98. The van der Waals surface area contributed by atoms with Gasteiger partial charge < -0.3 is 14.8 Å². The molecule has 2 N–H and O–H groups in total. The number of nitrogens with one attached hydrogen (secondary N) is 2. The van der Waals surface area contributed by atoms with E-state index in [2.05, 4.69) is 10.0 Å². The Morgan fingerprint density at radius 3 is 2.23 bits per heavy atom. The molecule has 0 aliphatic carbocycles. The molecule has 0 unspecified atom stereocenters. The van der Waals surface area contributed by atoms with Gasteiger partial charge in [-0.3, -0.25) is 9.52 Å². The van der Waals surface area contributed by atoms with Crippen LogP contribution in [0.4, 0.5) is 5.69 Å². The summed E-state index contributed by atoms with van der Waals surface area (Å²) in [7, 11) is -0.606. The number of ether oxygens (including phenoxy) is 2. The van der Waals surface area contributed by atoms with Crippen molar-refractivity contribution in [2.75, 3.05) is 32.1 Å². The lowest BCUT2D eigenvalue weighted by Crippen LogP contribution is -2.28. The molecule has 7 nitrogen and oxygen atoms in total. The van der Waals surface area contributed by atoms with Gasteiger partial charge >= 0.3 is 0 Å². The Bertz CT molecular complexity index is 818.